The molecule has 1 aliphatic rings. The van der Waals surface area contributed by atoms with E-state index < -0.39 is 22.0 Å². The highest BCUT2D eigenvalue weighted by molar-refractivity contribution is 7.92. The Morgan fingerprint density at radius 3 is 2.50 bits per heavy atom. The zero-order valence-electron chi connectivity index (χ0n) is 18.1. The van der Waals surface area contributed by atoms with Crippen molar-refractivity contribution >= 4 is 33.3 Å². The summed E-state index contributed by atoms with van der Waals surface area (Å²) in [6, 6.07) is 14.3. The van der Waals surface area contributed by atoms with Gasteiger partial charge in [0.1, 0.15) is 5.69 Å². The molecule has 0 saturated heterocycles. The molecule has 0 radical (unpaired) electrons. The number of anilines is 2. The maximum Gasteiger partial charge on any atom is 0.315 e. The standard InChI is InChI=1S/C22H21N7O4S/c1-34(32,33)27-17-4-2-3-15(11-17)20-19(18-13-28(22(24)31)9-10-29(18)26-20)21(30)25-16-7-5-14(12-23)6-8-16/h2-8,11,27H,9-10,13H2,1H3,(H2,24,31)(H,25,30). The van der Waals surface area contributed by atoms with Crippen molar-refractivity contribution in [1.29, 1.82) is 5.26 Å². The summed E-state index contributed by atoms with van der Waals surface area (Å²) in [5, 5.41) is 16.4. The molecule has 0 fully saturated rings. The molecule has 34 heavy (non-hydrogen) atoms. The zero-order chi connectivity index (χ0) is 24.5. The van der Waals surface area contributed by atoms with E-state index in [1.54, 1.807) is 53.2 Å². The second kappa shape index (κ2) is 8.87. The number of rotatable bonds is 5. The summed E-state index contributed by atoms with van der Waals surface area (Å²) in [6.07, 6.45) is 1.05. The molecule has 2 aromatic carbocycles. The van der Waals surface area contributed by atoms with E-state index in [9.17, 15) is 18.0 Å². The van der Waals surface area contributed by atoms with Crippen LogP contribution in [-0.2, 0) is 23.1 Å². The molecular weight excluding hydrogens is 458 g/mol. The van der Waals surface area contributed by atoms with E-state index in [0.717, 1.165) is 6.26 Å². The molecule has 12 heteroatoms. The van der Waals surface area contributed by atoms with E-state index in [1.807, 2.05) is 6.07 Å². The van der Waals surface area contributed by atoms with Gasteiger partial charge in [-0.25, -0.2) is 13.2 Å². The lowest BCUT2D eigenvalue weighted by atomic mass is 10.0. The molecule has 11 nitrogen and oxygen atoms in total. The Balaban J connectivity index is 1.78. The van der Waals surface area contributed by atoms with E-state index in [4.69, 9.17) is 11.0 Å². The monoisotopic (exact) mass is 479 g/mol. The smallest absolute Gasteiger partial charge is 0.315 e. The Morgan fingerprint density at radius 1 is 1.12 bits per heavy atom. The van der Waals surface area contributed by atoms with Gasteiger partial charge in [-0.2, -0.15) is 10.4 Å². The number of carbonyl (C=O) groups is 2. The van der Waals surface area contributed by atoms with E-state index in [-0.39, 0.29) is 12.1 Å². The summed E-state index contributed by atoms with van der Waals surface area (Å²) in [6.45, 7) is 0.784. The molecule has 0 saturated carbocycles. The van der Waals surface area contributed by atoms with Gasteiger partial charge in [0.15, 0.2) is 0 Å². The molecule has 174 valence electrons. The minimum absolute atomic E-state index is 0.0970. The molecule has 0 bridgehead atoms. The fraction of sp³-hybridized carbons (Fsp3) is 0.182. The van der Waals surface area contributed by atoms with Crippen molar-refractivity contribution in [2.75, 3.05) is 22.8 Å². The van der Waals surface area contributed by atoms with Gasteiger partial charge in [-0.3, -0.25) is 14.2 Å². The van der Waals surface area contributed by atoms with Crippen LogP contribution in [0.1, 0.15) is 21.6 Å². The lowest BCUT2D eigenvalue weighted by molar-refractivity contribution is 0.102. The first-order valence-electron chi connectivity index (χ1n) is 10.2. The molecule has 1 aromatic heterocycles. The normalized spacial score (nSPS) is 13.0. The number of urea groups is 1. The number of nitrogens with zero attached hydrogens (tertiary/aromatic N) is 4. The minimum atomic E-state index is -3.50. The van der Waals surface area contributed by atoms with Crippen LogP contribution in [0.3, 0.4) is 0 Å². The Labute approximate surface area is 195 Å². The van der Waals surface area contributed by atoms with Crippen molar-refractivity contribution in [3.63, 3.8) is 0 Å². The number of nitriles is 1. The van der Waals surface area contributed by atoms with E-state index in [2.05, 4.69) is 15.1 Å². The molecule has 3 aromatic rings. The fourth-order valence-corrected chi connectivity index (χ4v) is 4.27. The van der Waals surface area contributed by atoms with Crippen LogP contribution in [0.15, 0.2) is 48.5 Å². The first kappa shape index (κ1) is 22.8. The highest BCUT2D eigenvalue weighted by atomic mass is 32.2. The Kier molecular flexibility index (Phi) is 5.95. The number of nitrogens with one attached hydrogen (secondary N) is 2. The van der Waals surface area contributed by atoms with Crippen molar-refractivity contribution < 1.29 is 18.0 Å². The van der Waals surface area contributed by atoms with Crippen molar-refractivity contribution in [3.8, 4) is 17.3 Å². The van der Waals surface area contributed by atoms with E-state index in [0.29, 0.717) is 47.0 Å². The van der Waals surface area contributed by atoms with Crippen LogP contribution in [0.4, 0.5) is 16.2 Å². The average molecular weight is 480 g/mol. The van der Waals surface area contributed by atoms with Gasteiger partial charge >= 0.3 is 6.03 Å². The van der Waals surface area contributed by atoms with Crippen LogP contribution in [0.2, 0.25) is 0 Å². The van der Waals surface area contributed by atoms with Gasteiger partial charge in [0.25, 0.3) is 5.91 Å². The lowest BCUT2D eigenvalue weighted by Gasteiger charge is -2.26. The Bertz CT molecular complexity index is 1420. The number of benzene rings is 2. The number of sulfonamides is 1. The number of amides is 3. The molecular formula is C22H21N7O4S. The van der Waals surface area contributed by atoms with Crippen LogP contribution >= 0.6 is 0 Å². The number of hydrogen-bond acceptors (Lipinski definition) is 6. The largest absolute Gasteiger partial charge is 0.351 e. The molecule has 4 N–H and O–H groups in total. The number of primary amides is 1. The predicted molar refractivity (Wildman–Crippen MR) is 125 cm³/mol. The molecule has 3 amide bonds. The van der Waals surface area contributed by atoms with Gasteiger partial charge in [0.2, 0.25) is 10.0 Å². The molecule has 1 aliphatic heterocycles. The molecule has 4 rings (SSSR count). The van der Waals surface area contributed by atoms with Crippen LogP contribution in [0.5, 0.6) is 0 Å². The van der Waals surface area contributed by atoms with E-state index >= 15 is 0 Å². The first-order chi connectivity index (χ1) is 16.1. The molecule has 0 unspecified atom stereocenters. The van der Waals surface area contributed by atoms with Gasteiger partial charge in [0.05, 0.1) is 42.2 Å². The first-order valence-corrected chi connectivity index (χ1v) is 12.1. The summed E-state index contributed by atoms with van der Waals surface area (Å²) in [7, 11) is -3.50. The number of hydrogen-bond donors (Lipinski definition) is 3. The van der Waals surface area contributed by atoms with Gasteiger partial charge < -0.3 is 16.0 Å². The number of nitrogens with two attached hydrogens (primary N) is 1. The topological polar surface area (TPSA) is 163 Å². The van der Waals surface area contributed by atoms with Gasteiger partial charge in [-0.1, -0.05) is 12.1 Å². The van der Waals surface area contributed by atoms with Crippen LogP contribution in [0, 0.1) is 11.3 Å². The average Bonchev–Trinajstić information content (AvgIpc) is 3.17. The quantitative estimate of drug-likeness (QED) is 0.506. The highest BCUT2D eigenvalue weighted by Crippen LogP contribution is 2.31. The Morgan fingerprint density at radius 2 is 1.85 bits per heavy atom. The summed E-state index contributed by atoms with van der Waals surface area (Å²) < 4.78 is 27.4. The summed E-state index contributed by atoms with van der Waals surface area (Å²) in [4.78, 5) is 26.6. The fourth-order valence-electron chi connectivity index (χ4n) is 3.71. The second-order valence-corrected chi connectivity index (χ2v) is 9.50. The molecule has 0 spiro atoms. The predicted octanol–water partition coefficient (Wildman–Crippen LogP) is 1.94. The van der Waals surface area contributed by atoms with Crippen LogP contribution in [-0.4, -0.2) is 47.8 Å². The second-order valence-electron chi connectivity index (χ2n) is 7.75. The summed E-state index contributed by atoms with van der Waals surface area (Å²) in [5.74, 6) is -0.464. The number of fused-ring (bicyclic) bond motifs is 1. The van der Waals surface area contributed by atoms with Crippen molar-refractivity contribution in [1.82, 2.24) is 14.7 Å². The zero-order valence-corrected chi connectivity index (χ0v) is 19.0. The van der Waals surface area contributed by atoms with Gasteiger partial charge in [-0.05, 0) is 36.4 Å². The van der Waals surface area contributed by atoms with Crippen LogP contribution in [0.25, 0.3) is 11.3 Å². The number of carbonyl (C=O) groups excluding carboxylic acids is 2. The maximum absolute atomic E-state index is 13.4. The Hall–Kier alpha value is -4.37. The minimum Gasteiger partial charge on any atom is -0.351 e. The van der Waals surface area contributed by atoms with Crippen LogP contribution < -0.4 is 15.8 Å². The van der Waals surface area contributed by atoms with Gasteiger partial charge in [-0.15, -0.1) is 0 Å². The SMILES string of the molecule is CS(=O)(=O)Nc1cccc(-c2nn3c(c2C(=O)Nc2ccc(C#N)cc2)CN(C(N)=O)CC3)c1. The highest BCUT2D eigenvalue weighted by Gasteiger charge is 2.30. The molecule has 0 aliphatic carbocycles. The third-order valence-corrected chi connectivity index (χ3v) is 5.84. The lowest BCUT2D eigenvalue weighted by Crippen LogP contribution is -2.42. The molecule has 0 atom stereocenters. The van der Waals surface area contributed by atoms with Crippen molar-refractivity contribution in [2.45, 2.75) is 13.1 Å². The third-order valence-electron chi connectivity index (χ3n) is 5.23. The van der Waals surface area contributed by atoms with Crippen molar-refractivity contribution in [2.24, 2.45) is 5.73 Å². The third kappa shape index (κ3) is 4.84. The maximum atomic E-state index is 13.4. The van der Waals surface area contributed by atoms with Gasteiger partial charge in [0, 0.05) is 23.5 Å². The van der Waals surface area contributed by atoms with E-state index in [1.165, 1.54) is 4.90 Å². The molecule has 2 heterocycles. The van der Waals surface area contributed by atoms with Crippen molar-refractivity contribution in [3.05, 3.63) is 65.4 Å². The number of aromatic nitrogens is 2. The summed E-state index contributed by atoms with van der Waals surface area (Å²) in [5.41, 5.74) is 8.32. The summed E-state index contributed by atoms with van der Waals surface area (Å²) >= 11 is 0.